The highest BCUT2D eigenvalue weighted by Crippen LogP contribution is 2.37. The topological polar surface area (TPSA) is 56.7 Å². The van der Waals surface area contributed by atoms with Crippen molar-refractivity contribution in [1.82, 2.24) is 15.0 Å². The monoisotopic (exact) mass is 258 g/mol. The van der Waals surface area contributed by atoms with Crippen LogP contribution in [0.15, 0.2) is 6.20 Å². The molecule has 2 N–H and O–H groups in total. The lowest BCUT2D eigenvalue weighted by Crippen LogP contribution is -2.50. The van der Waals surface area contributed by atoms with Gasteiger partial charge >= 0.3 is 0 Å². The number of hydrogen-bond donors (Lipinski definition) is 1. The molecular formula is C12H20F2N4. The van der Waals surface area contributed by atoms with Gasteiger partial charge in [-0.3, -0.25) is 0 Å². The molecule has 0 spiro atoms. The van der Waals surface area contributed by atoms with Crippen LogP contribution in [0.5, 0.6) is 0 Å². The van der Waals surface area contributed by atoms with Crippen LogP contribution >= 0.6 is 0 Å². The van der Waals surface area contributed by atoms with Crippen molar-refractivity contribution < 1.29 is 8.78 Å². The summed E-state index contributed by atoms with van der Waals surface area (Å²) in [6.07, 6.45) is 3.55. The average Bonchev–Trinajstić information content (AvgIpc) is 2.69. The number of aromatic nitrogens is 3. The van der Waals surface area contributed by atoms with Gasteiger partial charge in [0.2, 0.25) is 0 Å². The van der Waals surface area contributed by atoms with E-state index in [2.05, 4.69) is 24.2 Å². The lowest BCUT2D eigenvalue weighted by molar-refractivity contribution is -0.0706. The third-order valence-corrected chi connectivity index (χ3v) is 3.43. The number of rotatable bonds is 3. The summed E-state index contributed by atoms with van der Waals surface area (Å²) in [5, 5.41) is 7.99. The van der Waals surface area contributed by atoms with E-state index in [9.17, 15) is 8.78 Å². The van der Waals surface area contributed by atoms with Crippen molar-refractivity contribution in [3.05, 3.63) is 11.9 Å². The summed E-state index contributed by atoms with van der Waals surface area (Å²) in [6, 6.07) is -1.61. The van der Waals surface area contributed by atoms with Crippen LogP contribution in [0.4, 0.5) is 8.78 Å². The van der Waals surface area contributed by atoms with Crippen molar-refractivity contribution in [2.75, 3.05) is 0 Å². The van der Waals surface area contributed by atoms with Gasteiger partial charge in [0.1, 0.15) is 0 Å². The molecule has 18 heavy (non-hydrogen) atoms. The molecule has 0 unspecified atom stereocenters. The fourth-order valence-electron chi connectivity index (χ4n) is 2.46. The van der Waals surface area contributed by atoms with E-state index >= 15 is 0 Å². The minimum Gasteiger partial charge on any atom is -0.321 e. The van der Waals surface area contributed by atoms with Crippen LogP contribution in [0.25, 0.3) is 0 Å². The molecule has 2 atom stereocenters. The number of hydrogen-bond acceptors (Lipinski definition) is 3. The summed E-state index contributed by atoms with van der Waals surface area (Å²) in [6.45, 7) is 4.17. The maximum absolute atomic E-state index is 13.6. The molecular weight excluding hydrogens is 238 g/mol. The van der Waals surface area contributed by atoms with Gasteiger partial charge in [-0.15, -0.1) is 5.10 Å². The highest BCUT2D eigenvalue weighted by molar-refractivity contribution is 4.99. The first kappa shape index (κ1) is 13.4. The molecule has 6 heteroatoms. The molecule has 0 aromatic carbocycles. The summed E-state index contributed by atoms with van der Waals surface area (Å²) in [5.41, 5.74) is 6.50. The van der Waals surface area contributed by atoms with Crippen LogP contribution in [0.3, 0.4) is 0 Å². The molecule has 0 amide bonds. The smallest absolute Gasteiger partial charge is 0.265 e. The van der Waals surface area contributed by atoms with Crippen LogP contribution in [0.1, 0.15) is 44.8 Å². The Hall–Kier alpha value is -1.04. The third kappa shape index (κ3) is 2.68. The van der Waals surface area contributed by atoms with Crippen LogP contribution in [0.2, 0.25) is 0 Å². The number of nitrogens with two attached hydrogens (primary N) is 1. The Morgan fingerprint density at radius 1 is 1.56 bits per heavy atom. The zero-order valence-corrected chi connectivity index (χ0v) is 10.8. The normalized spacial score (nSPS) is 27.7. The van der Waals surface area contributed by atoms with Gasteiger partial charge in [0.25, 0.3) is 5.92 Å². The Morgan fingerprint density at radius 3 is 2.94 bits per heavy atom. The van der Waals surface area contributed by atoms with E-state index in [4.69, 9.17) is 5.73 Å². The Balaban J connectivity index is 2.13. The molecule has 1 aromatic rings. The SMILES string of the molecule is CC(C)Cc1cn([C@H]2CCCC(F)(F)[C@@H]2N)nn1. The fraction of sp³-hybridized carbons (Fsp3) is 0.833. The van der Waals surface area contributed by atoms with Gasteiger partial charge in [0.05, 0.1) is 17.8 Å². The molecule has 2 rings (SSSR count). The molecule has 1 fully saturated rings. The summed E-state index contributed by atoms with van der Waals surface area (Å²) in [7, 11) is 0. The fourth-order valence-corrected chi connectivity index (χ4v) is 2.46. The van der Waals surface area contributed by atoms with Gasteiger partial charge in [-0.25, -0.2) is 13.5 Å². The predicted molar refractivity (Wildman–Crippen MR) is 64.4 cm³/mol. The average molecular weight is 258 g/mol. The molecule has 0 bridgehead atoms. The van der Waals surface area contributed by atoms with E-state index in [1.165, 1.54) is 4.68 Å². The summed E-state index contributed by atoms with van der Waals surface area (Å²) in [5.74, 6) is -2.33. The predicted octanol–water partition coefficient (Wildman–Crippen LogP) is 2.16. The second-order valence-corrected chi connectivity index (χ2v) is 5.53. The van der Waals surface area contributed by atoms with Crippen LogP contribution < -0.4 is 5.73 Å². The maximum Gasteiger partial charge on any atom is 0.265 e. The highest BCUT2D eigenvalue weighted by atomic mass is 19.3. The van der Waals surface area contributed by atoms with Crippen molar-refractivity contribution in [3.63, 3.8) is 0 Å². The van der Waals surface area contributed by atoms with Crippen molar-refractivity contribution in [2.45, 2.75) is 57.5 Å². The van der Waals surface area contributed by atoms with Gasteiger partial charge in [0.15, 0.2) is 0 Å². The highest BCUT2D eigenvalue weighted by Gasteiger charge is 2.45. The first-order chi connectivity index (χ1) is 8.40. The lowest BCUT2D eigenvalue weighted by Gasteiger charge is -2.35. The van der Waals surface area contributed by atoms with Crippen LogP contribution in [0, 0.1) is 5.92 Å². The number of alkyl halides is 2. The van der Waals surface area contributed by atoms with Gasteiger partial charge < -0.3 is 5.73 Å². The Bertz CT molecular complexity index is 403. The largest absolute Gasteiger partial charge is 0.321 e. The standard InChI is InChI=1S/C12H20F2N4/c1-8(2)6-9-7-18(17-16-9)10-4-3-5-12(13,14)11(10)15/h7-8,10-11H,3-6,15H2,1-2H3/t10-,11+/m0/s1. The van der Waals surface area contributed by atoms with Crippen LogP contribution in [-0.4, -0.2) is 27.0 Å². The second kappa shape index (κ2) is 4.91. The quantitative estimate of drug-likeness (QED) is 0.904. The third-order valence-electron chi connectivity index (χ3n) is 3.43. The molecule has 4 nitrogen and oxygen atoms in total. The van der Waals surface area contributed by atoms with Crippen LogP contribution in [-0.2, 0) is 6.42 Å². The second-order valence-electron chi connectivity index (χ2n) is 5.53. The summed E-state index contributed by atoms with van der Waals surface area (Å²) in [4.78, 5) is 0. The zero-order valence-electron chi connectivity index (χ0n) is 10.8. The van der Waals surface area contributed by atoms with E-state index in [1.54, 1.807) is 6.20 Å². The first-order valence-corrected chi connectivity index (χ1v) is 6.44. The molecule has 1 aliphatic carbocycles. The number of nitrogens with zero attached hydrogens (tertiary/aromatic N) is 3. The van der Waals surface area contributed by atoms with Gasteiger partial charge in [-0.05, 0) is 25.2 Å². The van der Waals surface area contributed by atoms with Crippen molar-refractivity contribution >= 4 is 0 Å². The lowest BCUT2D eigenvalue weighted by atomic mass is 9.87. The van der Waals surface area contributed by atoms with Crippen molar-refractivity contribution in [2.24, 2.45) is 11.7 Å². The van der Waals surface area contributed by atoms with Crippen molar-refractivity contribution in [3.8, 4) is 0 Å². The molecule has 0 radical (unpaired) electrons. The van der Waals surface area contributed by atoms with E-state index in [0.717, 1.165) is 12.1 Å². The number of halogens is 2. The molecule has 0 saturated heterocycles. The summed E-state index contributed by atoms with van der Waals surface area (Å²) >= 11 is 0. The molecule has 1 heterocycles. The molecule has 1 aliphatic rings. The van der Waals surface area contributed by atoms with E-state index < -0.39 is 18.0 Å². The first-order valence-electron chi connectivity index (χ1n) is 6.44. The minimum absolute atomic E-state index is 0.127. The summed E-state index contributed by atoms with van der Waals surface area (Å²) < 4.78 is 28.7. The minimum atomic E-state index is -2.80. The Labute approximate surface area is 106 Å². The Kier molecular flexibility index (Phi) is 3.66. The van der Waals surface area contributed by atoms with Gasteiger partial charge in [-0.2, -0.15) is 0 Å². The van der Waals surface area contributed by atoms with Gasteiger partial charge in [0, 0.05) is 12.6 Å². The molecule has 1 saturated carbocycles. The van der Waals surface area contributed by atoms with E-state index in [1.807, 2.05) is 0 Å². The molecule has 102 valence electrons. The zero-order chi connectivity index (χ0) is 13.3. The van der Waals surface area contributed by atoms with Crippen molar-refractivity contribution in [1.29, 1.82) is 0 Å². The maximum atomic E-state index is 13.6. The van der Waals surface area contributed by atoms with Gasteiger partial charge in [-0.1, -0.05) is 19.1 Å². The molecule has 1 aromatic heterocycles. The molecule has 0 aliphatic heterocycles. The Morgan fingerprint density at radius 2 is 2.28 bits per heavy atom. The van der Waals surface area contributed by atoms with E-state index in [0.29, 0.717) is 18.8 Å². The van der Waals surface area contributed by atoms with E-state index in [-0.39, 0.29) is 6.42 Å².